The van der Waals surface area contributed by atoms with Crippen LogP contribution in [-0.4, -0.2) is 11.6 Å². The first-order valence-electron chi connectivity index (χ1n) is 6.45. The van der Waals surface area contributed by atoms with Gasteiger partial charge in [-0.25, -0.2) is 0 Å². The number of rotatable bonds is 6. The Bertz CT molecular complexity index is 538. The highest BCUT2D eigenvalue weighted by Gasteiger charge is 2.22. The lowest BCUT2D eigenvalue weighted by atomic mass is 10.3. The lowest BCUT2D eigenvalue weighted by molar-refractivity contribution is 0.290. The number of nitrogens with one attached hydrogen (secondary N) is 1. The molecule has 0 aromatic carbocycles. The first kappa shape index (κ1) is 12.3. The molecule has 5 heteroatoms. The predicted octanol–water partition coefficient (Wildman–Crippen LogP) is 3.13. The number of nitrogens with two attached hydrogens (primary N) is 1. The highest BCUT2D eigenvalue weighted by Crippen LogP contribution is 2.30. The average molecular weight is 275 g/mol. The van der Waals surface area contributed by atoms with Gasteiger partial charge in [-0.05, 0) is 53.3 Å². The van der Waals surface area contributed by atoms with Crippen molar-refractivity contribution in [3.63, 3.8) is 0 Å². The maximum Gasteiger partial charge on any atom is 0.239 e. The minimum absolute atomic E-state index is 0.544. The normalized spacial score (nSPS) is 14.3. The van der Waals surface area contributed by atoms with Gasteiger partial charge in [-0.1, -0.05) is 0 Å². The topological polar surface area (TPSA) is 60.2 Å². The van der Waals surface area contributed by atoms with Gasteiger partial charge in [0, 0.05) is 6.54 Å². The van der Waals surface area contributed by atoms with E-state index in [1.807, 2.05) is 12.1 Å². The molecule has 1 fully saturated rings. The van der Waals surface area contributed by atoms with Crippen LogP contribution in [0.15, 0.2) is 29.0 Å². The molecule has 2 aromatic rings. The van der Waals surface area contributed by atoms with Crippen LogP contribution in [0.25, 0.3) is 0 Å². The van der Waals surface area contributed by atoms with Crippen molar-refractivity contribution >= 4 is 22.8 Å². The van der Waals surface area contributed by atoms with E-state index in [0.29, 0.717) is 17.5 Å². The molecular formula is C14H17N3OS. The fourth-order valence-electron chi connectivity index (χ4n) is 1.73. The molecule has 19 heavy (non-hydrogen) atoms. The molecular weight excluding hydrogens is 258 g/mol. The van der Waals surface area contributed by atoms with Crippen molar-refractivity contribution in [2.75, 3.05) is 17.7 Å². The molecule has 0 atom stereocenters. The van der Waals surface area contributed by atoms with Crippen LogP contribution in [0.3, 0.4) is 0 Å². The van der Waals surface area contributed by atoms with Crippen LogP contribution in [0.2, 0.25) is 0 Å². The van der Waals surface area contributed by atoms with E-state index in [1.165, 1.54) is 18.4 Å². The molecule has 0 radical (unpaired) electrons. The fraction of sp³-hybridized carbons (Fsp3) is 0.357. The van der Waals surface area contributed by atoms with Gasteiger partial charge in [0.15, 0.2) is 0 Å². The molecule has 0 spiro atoms. The van der Waals surface area contributed by atoms with Gasteiger partial charge in [-0.3, -0.25) is 0 Å². The summed E-state index contributed by atoms with van der Waals surface area (Å²) >= 11 is 1.69. The zero-order chi connectivity index (χ0) is 13.1. The van der Waals surface area contributed by atoms with Crippen LogP contribution in [0.4, 0.5) is 11.5 Å². The number of thiophene rings is 1. The zero-order valence-corrected chi connectivity index (χ0v) is 11.5. The Hall–Kier alpha value is -1.75. The van der Waals surface area contributed by atoms with Crippen molar-refractivity contribution in [2.24, 2.45) is 5.92 Å². The summed E-state index contributed by atoms with van der Waals surface area (Å²) in [6, 6.07) is 5.82. The summed E-state index contributed by atoms with van der Waals surface area (Å²) in [5.74, 6) is 2.04. The van der Waals surface area contributed by atoms with Crippen molar-refractivity contribution in [3.8, 4) is 5.88 Å². The molecule has 1 aliphatic rings. The Morgan fingerprint density at radius 2 is 2.26 bits per heavy atom. The SMILES string of the molecule is Nc1ccc(NCc2ccsc2)nc1OCC1CC1. The second-order valence-corrected chi connectivity index (χ2v) is 5.61. The number of nitrogens with zero attached hydrogens (tertiary/aromatic N) is 1. The molecule has 2 aromatic heterocycles. The lowest BCUT2D eigenvalue weighted by Crippen LogP contribution is -2.06. The minimum atomic E-state index is 0.544. The zero-order valence-electron chi connectivity index (χ0n) is 10.6. The minimum Gasteiger partial charge on any atom is -0.476 e. The molecule has 0 unspecified atom stereocenters. The van der Waals surface area contributed by atoms with Gasteiger partial charge in [0.1, 0.15) is 5.82 Å². The monoisotopic (exact) mass is 275 g/mol. The maximum atomic E-state index is 5.87. The average Bonchev–Trinajstić information content (AvgIpc) is 3.10. The van der Waals surface area contributed by atoms with Crippen LogP contribution in [-0.2, 0) is 6.54 Å². The van der Waals surface area contributed by atoms with Gasteiger partial charge >= 0.3 is 0 Å². The summed E-state index contributed by atoms with van der Waals surface area (Å²) in [5.41, 5.74) is 7.73. The predicted molar refractivity (Wildman–Crippen MR) is 78.5 cm³/mol. The Morgan fingerprint density at radius 3 is 3.00 bits per heavy atom. The van der Waals surface area contributed by atoms with E-state index in [9.17, 15) is 0 Å². The molecule has 0 aliphatic heterocycles. The van der Waals surface area contributed by atoms with Crippen LogP contribution in [0, 0.1) is 5.92 Å². The number of aromatic nitrogens is 1. The third-order valence-corrected chi connectivity index (χ3v) is 3.83. The first-order chi connectivity index (χ1) is 9.31. The number of nitrogen functional groups attached to an aromatic ring is 1. The second kappa shape index (κ2) is 5.48. The van der Waals surface area contributed by atoms with Crippen molar-refractivity contribution in [1.29, 1.82) is 0 Å². The summed E-state index contributed by atoms with van der Waals surface area (Å²) in [7, 11) is 0. The second-order valence-electron chi connectivity index (χ2n) is 4.83. The molecule has 2 heterocycles. The number of pyridine rings is 1. The fourth-order valence-corrected chi connectivity index (χ4v) is 2.40. The summed E-state index contributed by atoms with van der Waals surface area (Å²) < 4.78 is 5.66. The summed E-state index contributed by atoms with van der Waals surface area (Å²) in [6.45, 7) is 1.49. The quantitative estimate of drug-likeness (QED) is 0.850. The van der Waals surface area contributed by atoms with E-state index in [2.05, 4.69) is 27.1 Å². The van der Waals surface area contributed by atoms with Gasteiger partial charge in [-0.15, -0.1) is 0 Å². The molecule has 0 saturated heterocycles. The molecule has 1 saturated carbocycles. The first-order valence-corrected chi connectivity index (χ1v) is 7.40. The molecule has 0 amide bonds. The maximum absolute atomic E-state index is 5.87. The lowest BCUT2D eigenvalue weighted by Gasteiger charge is -2.10. The summed E-state index contributed by atoms with van der Waals surface area (Å²) in [6.07, 6.45) is 2.52. The van der Waals surface area contributed by atoms with E-state index >= 15 is 0 Å². The highest BCUT2D eigenvalue weighted by molar-refractivity contribution is 7.07. The van der Waals surface area contributed by atoms with Gasteiger partial charge in [0.2, 0.25) is 5.88 Å². The smallest absolute Gasteiger partial charge is 0.239 e. The van der Waals surface area contributed by atoms with E-state index in [-0.39, 0.29) is 0 Å². The highest BCUT2D eigenvalue weighted by atomic mass is 32.1. The Kier molecular flexibility index (Phi) is 3.55. The third-order valence-electron chi connectivity index (χ3n) is 3.10. The van der Waals surface area contributed by atoms with Crippen molar-refractivity contribution in [3.05, 3.63) is 34.5 Å². The number of ether oxygens (including phenoxy) is 1. The van der Waals surface area contributed by atoms with E-state index in [0.717, 1.165) is 19.0 Å². The Labute approximate surface area is 116 Å². The van der Waals surface area contributed by atoms with Crippen molar-refractivity contribution in [2.45, 2.75) is 19.4 Å². The number of hydrogen-bond donors (Lipinski definition) is 2. The van der Waals surface area contributed by atoms with Crippen molar-refractivity contribution in [1.82, 2.24) is 4.98 Å². The summed E-state index contributed by atoms with van der Waals surface area (Å²) in [5, 5.41) is 7.46. The third kappa shape index (κ3) is 3.38. The molecule has 4 nitrogen and oxygen atoms in total. The standard InChI is InChI=1S/C14H17N3OS/c15-12-3-4-13(16-7-11-5-6-19-9-11)17-14(12)18-8-10-1-2-10/h3-6,9-10H,1-2,7-8,15H2,(H,16,17). The van der Waals surface area contributed by atoms with Gasteiger partial charge in [0.25, 0.3) is 0 Å². The molecule has 1 aliphatic carbocycles. The van der Waals surface area contributed by atoms with Crippen LogP contribution in [0.1, 0.15) is 18.4 Å². The Morgan fingerprint density at radius 1 is 1.37 bits per heavy atom. The van der Waals surface area contributed by atoms with E-state index in [4.69, 9.17) is 10.5 Å². The molecule has 3 rings (SSSR count). The van der Waals surface area contributed by atoms with Crippen LogP contribution in [0.5, 0.6) is 5.88 Å². The molecule has 3 N–H and O–H groups in total. The molecule has 100 valence electrons. The van der Waals surface area contributed by atoms with Crippen LogP contribution < -0.4 is 15.8 Å². The summed E-state index contributed by atoms with van der Waals surface area (Å²) in [4.78, 5) is 4.42. The molecule has 0 bridgehead atoms. The van der Waals surface area contributed by atoms with Crippen LogP contribution >= 0.6 is 11.3 Å². The van der Waals surface area contributed by atoms with Crippen molar-refractivity contribution < 1.29 is 4.74 Å². The number of anilines is 2. The van der Waals surface area contributed by atoms with Gasteiger partial charge in [0.05, 0.1) is 12.3 Å². The number of hydrogen-bond acceptors (Lipinski definition) is 5. The Balaban J connectivity index is 1.62. The van der Waals surface area contributed by atoms with E-state index in [1.54, 1.807) is 11.3 Å². The van der Waals surface area contributed by atoms with E-state index < -0.39 is 0 Å². The largest absolute Gasteiger partial charge is 0.476 e. The van der Waals surface area contributed by atoms with Gasteiger partial charge in [-0.2, -0.15) is 16.3 Å². The van der Waals surface area contributed by atoms with Gasteiger partial charge < -0.3 is 15.8 Å².